The molecule has 1 aromatic heterocycles. The summed E-state index contributed by atoms with van der Waals surface area (Å²) in [5, 5.41) is 3.47. The van der Waals surface area contributed by atoms with Crippen LogP contribution < -0.4 is 15.8 Å². The Morgan fingerprint density at radius 3 is 2.70 bits per heavy atom. The quantitative estimate of drug-likeness (QED) is 0.671. The van der Waals surface area contributed by atoms with Crippen molar-refractivity contribution in [1.29, 1.82) is 0 Å². The topological polar surface area (TPSA) is 51.3 Å². The van der Waals surface area contributed by atoms with Gasteiger partial charge in [0, 0.05) is 22.6 Å². The zero-order valence-corrected chi connectivity index (χ0v) is 16.1. The maximum atomic E-state index is 12.0. The van der Waals surface area contributed by atoms with Crippen molar-refractivity contribution in [3.8, 4) is 0 Å². The van der Waals surface area contributed by atoms with Gasteiger partial charge in [-0.1, -0.05) is 30.3 Å². The number of rotatable bonds is 5. The normalized spacial score (nSPS) is 19.6. The van der Waals surface area contributed by atoms with Crippen LogP contribution in [0.25, 0.3) is 11.0 Å². The largest absolute Gasteiger partial charge is 0.423 e. The maximum Gasteiger partial charge on any atom is 0.336 e. The van der Waals surface area contributed by atoms with E-state index in [1.807, 2.05) is 6.07 Å². The number of aryl methyl sites for hydroxylation is 2. The molecule has 1 saturated heterocycles. The van der Waals surface area contributed by atoms with E-state index in [4.69, 9.17) is 4.42 Å². The molecular formula is C23H28N2O2+2. The van der Waals surface area contributed by atoms with Crippen molar-refractivity contribution in [3.63, 3.8) is 0 Å². The first-order chi connectivity index (χ1) is 13.1. The Kier molecular flexibility index (Phi) is 5.10. The van der Waals surface area contributed by atoms with E-state index in [1.165, 1.54) is 30.6 Å². The van der Waals surface area contributed by atoms with Crippen LogP contribution in [0, 0.1) is 13.8 Å². The third kappa shape index (κ3) is 4.12. The van der Waals surface area contributed by atoms with Crippen molar-refractivity contribution in [1.82, 2.24) is 0 Å². The molecule has 0 saturated carbocycles. The molecule has 0 spiro atoms. The molecule has 1 aliphatic rings. The Morgan fingerprint density at radius 2 is 1.89 bits per heavy atom. The van der Waals surface area contributed by atoms with Gasteiger partial charge in [0.1, 0.15) is 31.3 Å². The second-order valence-corrected chi connectivity index (χ2v) is 7.88. The lowest BCUT2D eigenvalue weighted by atomic mass is 10.0. The molecule has 140 valence electrons. The monoisotopic (exact) mass is 364 g/mol. The molecule has 27 heavy (non-hydrogen) atoms. The molecule has 0 amide bonds. The van der Waals surface area contributed by atoms with E-state index >= 15 is 0 Å². The van der Waals surface area contributed by atoms with Crippen molar-refractivity contribution < 1.29 is 14.6 Å². The van der Waals surface area contributed by atoms with Gasteiger partial charge in [0.25, 0.3) is 0 Å². The first-order valence-corrected chi connectivity index (χ1v) is 9.83. The number of nitrogens with two attached hydrogens (primary N) is 1. The van der Waals surface area contributed by atoms with Crippen molar-refractivity contribution in [2.24, 2.45) is 0 Å². The molecule has 1 aliphatic heterocycles. The van der Waals surface area contributed by atoms with E-state index < -0.39 is 0 Å². The molecule has 1 unspecified atom stereocenters. The van der Waals surface area contributed by atoms with Gasteiger partial charge >= 0.3 is 5.63 Å². The van der Waals surface area contributed by atoms with Crippen LogP contribution in [-0.4, -0.2) is 19.1 Å². The van der Waals surface area contributed by atoms with Crippen LogP contribution in [0.15, 0.2) is 57.7 Å². The third-order valence-electron chi connectivity index (χ3n) is 5.83. The summed E-state index contributed by atoms with van der Waals surface area (Å²) in [6.07, 6.45) is 1.22. The molecule has 3 aromatic rings. The van der Waals surface area contributed by atoms with E-state index in [0.29, 0.717) is 11.6 Å². The SMILES string of the molecule is Cc1cc2oc(=O)cc(C[NH2+][C@H]3CC[NH+](Cc4ccccc4)C3)c2cc1C. The van der Waals surface area contributed by atoms with Gasteiger partial charge in [-0.05, 0) is 37.1 Å². The van der Waals surface area contributed by atoms with Crippen LogP contribution in [0.1, 0.15) is 28.7 Å². The molecule has 2 aromatic carbocycles. The Balaban J connectivity index is 1.43. The number of hydrogen-bond donors (Lipinski definition) is 2. The van der Waals surface area contributed by atoms with Gasteiger partial charge in [-0.25, -0.2) is 4.79 Å². The number of benzene rings is 2. The number of hydrogen-bond acceptors (Lipinski definition) is 2. The Bertz CT molecular complexity index is 994. The highest BCUT2D eigenvalue weighted by Crippen LogP contribution is 2.21. The number of likely N-dealkylation sites (tertiary alicyclic amines) is 1. The van der Waals surface area contributed by atoms with Gasteiger partial charge in [0.2, 0.25) is 0 Å². The lowest BCUT2D eigenvalue weighted by molar-refractivity contribution is -0.911. The standard InChI is InChI=1S/C23H26N2O2/c1-16-10-21-19(12-23(26)27-22(21)11-17(16)2)13-24-20-8-9-25(15-20)14-18-6-4-3-5-7-18/h3-7,10-12,20,24H,8-9,13-15H2,1-2H3/p+2/t20-/m0/s1. The third-order valence-corrected chi connectivity index (χ3v) is 5.83. The number of nitrogens with one attached hydrogen (secondary N) is 1. The minimum Gasteiger partial charge on any atom is -0.423 e. The lowest BCUT2D eigenvalue weighted by Gasteiger charge is -2.13. The maximum absolute atomic E-state index is 12.0. The molecular weight excluding hydrogens is 336 g/mol. The zero-order valence-electron chi connectivity index (χ0n) is 16.1. The van der Waals surface area contributed by atoms with Gasteiger partial charge in [-0.2, -0.15) is 0 Å². The van der Waals surface area contributed by atoms with Crippen molar-refractivity contribution >= 4 is 11.0 Å². The van der Waals surface area contributed by atoms with Crippen LogP contribution in [0.3, 0.4) is 0 Å². The van der Waals surface area contributed by atoms with Crippen molar-refractivity contribution in [3.05, 3.63) is 81.2 Å². The molecule has 2 atom stereocenters. The number of quaternary nitrogens is 2. The fraction of sp³-hybridized carbons (Fsp3) is 0.348. The first kappa shape index (κ1) is 18.0. The molecule has 0 bridgehead atoms. The van der Waals surface area contributed by atoms with E-state index in [9.17, 15) is 4.79 Å². The Hall–Kier alpha value is -2.43. The molecule has 1 fully saturated rings. The first-order valence-electron chi connectivity index (χ1n) is 9.83. The summed E-state index contributed by atoms with van der Waals surface area (Å²) in [4.78, 5) is 13.6. The Morgan fingerprint density at radius 1 is 1.11 bits per heavy atom. The highest BCUT2D eigenvalue weighted by atomic mass is 16.4. The minimum absolute atomic E-state index is 0.253. The summed E-state index contributed by atoms with van der Waals surface area (Å²) in [6, 6.07) is 17.1. The molecule has 0 aliphatic carbocycles. The van der Waals surface area contributed by atoms with Crippen LogP contribution in [0.5, 0.6) is 0 Å². The highest BCUT2D eigenvalue weighted by Gasteiger charge is 2.28. The van der Waals surface area contributed by atoms with E-state index in [-0.39, 0.29) is 5.63 Å². The van der Waals surface area contributed by atoms with Crippen LogP contribution >= 0.6 is 0 Å². The average molecular weight is 364 g/mol. The predicted molar refractivity (Wildman–Crippen MR) is 107 cm³/mol. The van der Waals surface area contributed by atoms with Crippen LogP contribution in [0.4, 0.5) is 0 Å². The Labute approximate surface area is 159 Å². The fourth-order valence-electron chi connectivity index (χ4n) is 4.16. The van der Waals surface area contributed by atoms with Crippen LogP contribution in [-0.2, 0) is 13.1 Å². The summed E-state index contributed by atoms with van der Waals surface area (Å²) < 4.78 is 5.42. The summed E-state index contributed by atoms with van der Waals surface area (Å²) in [6.45, 7) is 8.47. The molecule has 4 rings (SSSR count). The summed E-state index contributed by atoms with van der Waals surface area (Å²) in [5.74, 6) is 0. The fourth-order valence-corrected chi connectivity index (χ4v) is 4.16. The summed E-state index contributed by atoms with van der Waals surface area (Å²) in [5.41, 5.74) is 5.33. The van der Waals surface area contributed by atoms with E-state index in [1.54, 1.807) is 11.0 Å². The lowest BCUT2D eigenvalue weighted by Crippen LogP contribution is -3.10. The van der Waals surface area contributed by atoms with E-state index in [0.717, 1.165) is 29.6 Å². The smallest absolute Gasteiger partial charge is 0.336 e. The molecule has 3 N–H and O–H groups in total. The predicted octanol–water partition coefficient (Wildman–Crippen LogP) is 1.33. The molecule has 2 heterocycles. The number of fused-ring (bicyclic) bond motifs is 1. The van der Waals surface area contributed by atoms with Crippen molar-refractivity contribution in [2.45, 2.75) is 39.4 Å². The second kappa shape index (κ2) is 7.67. The average Bonchev–Trinajstić information content (AvgIpc) is 3.09. The van der Waals surface area contributed by atoms with Gasteiger partial charge in [0.05, 0.1) is 13.0 Å². The molecule has 0 radical (unpaired) electrons. The van der Waals surface area contributed by atoms with Crippen molar-refractivity contribution in [2.75, 3.05) is 13.1 Å². The summed E-state index contributed by atoms with van der Waals surface area (Å²) in [7, 11) is 0. The minimum atomic E-state index is -0.253. The van der Waals surface area contributed by atoms with Gasteiger partial charge < -0.3 is 14.6 Å². The van der Waals surface area contributed by atoms with Gasteiger partial charge in [-0.3, -0.25) is 0 Å². The van der Waals surface area contributed by atoms with Crippen LogP contribution in [0.2, 0.25) is 0 Å². The highest BCUT2D eigenvalue weighted by molar-refractivity contribution is 5.81. The zero-order chi connectivity index (χ0) is 18.8. The van der Waals surface area contributed by atoms with E-state index in [2.05, 4.69) is 55.6 Å². The van der Waals surface area contributed by atoms with Gasteiger partial charge in [0.15, 0.2) is 0 Å². The molecule has 4 heteroatoms. The second-order valence-electron chi connectivity index (χ2n) is 7.88. The molecule has 4 nitrogen and oxygen atoms in total. The van der Waals surface area contributed by atoms with Gasteiger partial charge in [-0.15, -0.1) is 0 Å². The summed E-state index contributed by atoms with van der Waals surface area (Å²) >= 11 is 0.